The summed E-state index contributed by atoms with van der Waals surface area (Å²) < 4.78 is 130. The Balaban J connectivity index is 1.74. The van der Waals surface area contributed by atoms with E-state index in [1.807, 2.05) is 0 Å². The summed E-state index contributed by atoms with van der Waals surface area (Å²) in [5.74, 6) is -4.40. The predicted molar refractivity (Wildman–Crippen MR) is 139 cm³/mol. The molecule has 0 fully saturated rings. The van der Waals surface area contributed by atoms with Crippen molar-refractivity contribution >= 4 is 9.84 Å². The monoisotopic (exact) mass is 625 g/mol. The van der Waals surface area contributed by atoms with Crippen molar-refractivity contribution < 1.29 is 48.3 Å². The summed E-state index contributed by atoms with van der Waals surface area (Å²) in [7, 11) is -3.59. The Labute approximate surface area is 239 Å². The first-order valence-electron chi connectivity index (χ1n) is 12.1. The van der Waals surface area contributed by atoms with Gasteiger partial charge in [-0.25, -0.2) is 26.9 Å². The summed E-state index contributed by atoms with van der Waals surface area (Å²) in [6.07, 6.45) is -2.69. The Kier molecular flexibility index (Phi) is 7.54. The molecule has 7 nitrogen and oxygen atoms in total. The van der Waals surface area contributed by atoms with Gasteiger partial charge in [0.1, 0.15) is 5.69 Å². The van der Waals surface area contributed by atoms with Crippen molar-refractivity contribution in [2.45, 2.75) is 24.6 Å². The van der Waals surface area contributed by atoms with Crippen LogP contribution in [0.2, 0.25) is 0 Å². The maximum Gasteiger partial charge on any atom is 0.435 e. The van der Waals surface area contributed by atoms with Gasteiger partial charge in [-0.05, 0) is 53.6 Å². The third-order valence-electron chi connectivity index (χ3n) is 6.18. The fraction of sp³-hybridized carbons (Fsp3) is 0.143. The summed E-state index contributed by atoms with van der Waals surface area (Å²) in [6, 6.07) is 12.4. The number of alkyl halides is 5. The maximum absolute atomic E-state index is 14.6. The summed E-state index contributed by atoms with van der Waals surface area (Å²) in [4.78, 5) is 4.19. The number of aryl methyl sites for hydroxylation is 1. The van der Waals surface area contributed by atoms with E-state index in [1.165, 1.54) is 43.3 Å². The lowest BCUT2D eigenvalue weighted by Crippen LogP contribution is -2.08. The third kappa shape index (κ3) is 6.11. The highest BCUT2D eigenvalue weighted by Crippen LogP contribution is 2.40. The fourth-order valence-electron chi connectivity index (χ4n) is 4.32. The number of hydrogen-bond donors (Lipinski definition) is 0. The molecule has 5 aromatic rings. The van der Waals surface area contributed by atoms with Crippen LogP contribution in [0.5, 0.6) is 5.75 Å². The van der Waals surface area contributed by atoms with E-state index < -0.39 is 45.7 Å². The molecule has 2 heterocycles. The molecule has 15 heteroatoms. The van der Waals surface area contributed by atoms with Crippen molar-refractivity contribution in [3.8, 4) is 45.1 Å². The molecule has 0 unspecified atom stereocenters. The minimum absolute atomic E-state index is 0.00535. The Hall–Kier alpha value is -4.66. The van der Waals surface area contributed by atoms with Gasteiger partial charge >= 0.3 is 12.8 Å². The number of aromatic nitrogens is 3. The van der Waals surface area contributed by atoms with Gasteiger partial charge in [0.05, 0.1) is 10.6 Å². The van der Waals surface area contributed by atoms with Gasteiger partial charge in [-0.15, -0.1) is 0 Å². The van der Waals surface area contributed by atoms with E-state index in [0.717, 1.165) is 23.2 Å². The van der Waals surface area contributed by atoms with Gasteiger partial charge in [-0.1, -0.05) is 18.2 Å². The van der Waals surface area contributed by atoms with E-state index in [4.69, 9.17) is 4.42 Å². The molecule has 2 aromatic heterocycles. The topological polar surface area (TPSA) is 87.2 Å². The first kappa shape index (κ1) is 29.8. The van der Waals surface area contributed by atoms with E-state index in [1.54, 1.807) is 6.07 Å². The van der Waals surface area contributed by atoms with Crippen molar-refractivity contribution in [1.82, 2.24) is 14.8 Å². The second-order valence-electron chi connectivity index (χ2n) is 9.23. The van der Waals surface area contributed by atoms with Crippen LogP contribution in [0.25, 0.3) is 39.4 Å². The summed E-state index contributed by atoms with van der Waals surface area (Å²) in [5, 5.41) is 3.61. The molecule has 0 bridgehead atoms. The standard InChI is InChI=1S/C28H18F7N3O4S/c1-14-36-24(17-12-20(29)26(21(30)13-17)42-27(31)32)25(41-14)19-11-16(15-4-3-5-18(10-15)43(2,39)40)6-7-22(19)38-9-8-23(37-38)28(33,34)35/h3-13,27H,1-2H3. The zero-order valence-electron chi connectivity index (χ0n) is 22.0. The van der Waals surface area contributed by atoms with E-state index in [-0.39, 0.29) is 39.1 Å². The third-order valence-corrected chi connectivity index (χ3v) is 7.29. The zero-order chi connectivity index (χ0) is 31.3. The molecule has 0 atom stereocenters. The maximum atomic E-state index is 14.6. The van der Waals surface area contributed by atoms with Crippen LogP contribution in [0.15, 0.2) is 76.2 Å². The predicted octanol–water partition coefficient (Wildman–Crippen LogP) is 7.47. The minimum atomic E-state index is -4.76. The van der Waals surface area contributed by atoms with Crippen molar-refractivity contribution in [3.63, 3.8) is 0 Å². The largest absolute Gasteiger partial charge is 0.440 e. The van der Waals surface area contributed by atoms with Crippen molar-refractivity contribution in [1.29, 1.82) is 0 Å². The zero-order valence-corrected chi connectivity index (χ0v) is 22.8. The Morgan fingerprint density at radius 1 is 0.930 bits per heavy atom. The molecule has 0 aliphatic carbocycles. The molecule has 0 aliphatic rings. The Bertz CT molecular complexity index is 1930. The van der Waals surface area contributed by atoms with Gasteiger partial charge in [-0.3, -0.25) is 0 Å². The second kappa shape index (κ2) is 10.9. The van der Waals surface area contributed by atoms with Gasteiger partial charge in [0.15, 0.2) is 44.6 Å². The number of hydrogen-bond acceptors (Lipinski definition) is 6. The fourth-order valence-corrected chi connectivity index (χ4v) is 4.98. The highest BCUT2D eigenvalue weighted by molar-refractivity contribution is 7.90. The normalized spacial score (nSPS) is 12.2. The van der Waals surface area contributed by atoms with Crippen LogP contribution in [0, 0.1) is 18.6 Å². The van der Waals surface area contributed by atoms with Gasteiger partial charge in [0.25, 0.3) is 0 Å². The number of rotatable bonds is 7. The molecule has 5 rings (SSSR count). The number of ether oxygens (including phenoxy) is 1. The molecule has 224 valence electrons. The van der Waals surface area contributed by atoms with Gasteiger partial charge in [0.2, 0.25) is 0 Å². The molecule has 0 N–H and O–H groups in total. The number of nitrogens with zero attached hydrogens (tertiary/aromatic N) is 3. The van der Waals surface area contributed by atoms with Crippen molar-refractivity contribution in [2.24, 2.45) is 0 Å². The Morgan fingerprint density at radius 2 is 1.60 bits per heavy atom. The van der Waals surface area contributed by atoms with Crippen LogP contribution in [0.4, 0.5) is 30.7 Å². The number of oxazole rings is 1. The average Bonchev–Trinajstić information content (AvgIpc) is 3.57. The molecule has 0 spiro atoms. The highest BCUT2D eigenvalue weighted by atomic mass is 32.2. The Morgan fingerprint density at radius 3 is 2.21 bits per heavy atom. The molecule has 0 saturated carbocycles. The molecular formula is C28H18F7N3O4S. The van der Waals surface area contributed by atoms with E-state index in [2.05, 4.69) is 14.8 Å². The van der Waals surface area contributed by atoms with Crippen LogP contribution in [-0.4, -0.2) is 36.0 Å². The van der Waals surface area contributed by atoms with E-state index >= 15 is 0 Å². The van der Waals surface area contributed by atoms with Gasteiger partial charge in [-0.2, -0.15) is 27.1 Å². The van der Waals surface area contributed by atoms with Crippen LogP contribution < -0.4 is 4.74 Å². The molecule has 0 radical (unpaired) electrons. The lowest BCUT2D eigenvalue weighted by atomic mass is 9.98. The quantitative estimate of drug-likeness (QED) is 0.175. The SMILES string of the molecule is Cc1nc(-c2cc(F)c(OC(F)F)c(F)c2)c(-c2cc(-c3cccc(S(C)(=O)=O)c3)ccc2-n2ccc(C(F)(F)F)n2)o1. The van der Waals surface area contributed by atoms with Crippen LogP contribution in [0.3, 0.4) is 0 Å². The lowest BCUT2D eigenvalue weighted by molar-refractivity contribution is -0.141. The summed E-state index contributed by atoms with van der Waals surface area (Å²) in [6.45, 7) is -2.09. The first-order chi connectivity index (χ1) is 20.1. The molecular weight excluding hydrogens is 607 g/mol. The number of halogens is 7. The smallest absolute Gasteiger partial charge is 0.435 e. The van der Waals surface area contributed by atoms with E-state index in [9.17, 15) is 39.2 Å². The van der Waals surface area contributed by atoms with Gasteiger partial charge < -0.3 is 9.15 Å². The van der Waals surface area contributed by atoms with Crippen molar-refractivity contribution in [3.05, 3.63) is 90.1 Å². The van der Waals surface area contributed by atoms with E-state index in [0.29, 0.717) is 23.3 Å². The highest BCUT2D eigenvalue weighted by Gasteiger charge is 2.34. The molecule has 3 aromatic carbocycles. The average molecular weight is 626 g/mol. The number of benzene rings is 3. The summed E-state index contributed by atoms with van der Waals surface area (Å²) in [5.41, 5.74) is -0.726. The lowest BCUT2D eigenvalue weighted by Gasteiger charge is -2.13. The van der Waals surface area contributed by atoms with Crippen LogP contribution in [-0.2, 0) is 16.0 Å². The molecule has 0 saturated heterocycles. The van der Waals surface area contributed by atoms with Gasteiger partial charge in [0, 0.05) is 30.5 Å². The molecule has 0 aliphatic heterocycles. The summed E-state index contributed by atoms with van der Waals surface area (Å²) >= 11 is 0. The van der Waals surface area contributed by atoms with Crippen LogP contribution >= 0.6 is 0 Å². The second-order valence-corrected chi connectivity index (χ2v) is 11.2. The number of sulfone groups is 1. The molecule has 0 amide bonds. The van der Waals surface area contributed by atoms with Crippen molar-refractivity contribution in [2.75, 3.05) is 6.26 Å². The minimum Gasteiger partial charge on any atom is -0.440 e. The first-order valence-corrected chi connectivity index (χ1v) is 14.0. The van der Waals surface area contributed by atoms with Crippen LogP contribution in [0.1, 0.15) is 11.6 Å². The molecule has 43 heavy (non-hydrogen) atoms.